The van der Waals surface area contributed by atoms with Crippen LogP contribution in [0, 0.1) is 38.1 Å². The smallest absolute Gasteiger partial charge is 0.394 e. The van der Waals surface area contributed by atoms with Crippen molar-refractivity contribution in [2.45, 2.75) is 73.1 Å². The largest absolute Gasteiger partial charge is 0.501 e. The average Bonchev–Trinajstić information content (AvgIpc) is 3.58. The van der Waals surface area contributed by atoms with E-state index in [4.69, 9.17) is 19.5 Å². The number of para-hydroxylation sites is 1. The van der Waals surface area contributed by atoms with Crippen molar-refractivity contribution in [3.8, 4) is 33.6 Å². The molecule has 3 nitrogen and oxygen atoms in total. The number of pyridine rings is 2. The van der Waals surface area contributed by atoms with E-state index in [0.29, 0.717) is 36.1 Å². The molecule has 3 aromatic heterocycles. The van der Waals surface area contributed by atoms with Crippen LogP contribution in [0.4, 0.5) is 13.2 Å². The van der Waals surface area contributed by atoms with Crippen molar-refractivity contribution in [1.82, 2.24) is 9.97 Å². The van der Waals surface area contributed by atoms with E-state index in [1.54, 1.807) is 24.3 Å². The minimum atomic E-state index is -4.95. The first-order valence-corrected chi connectivity index (χ1v) is 16.5. The number of aryl methyl sites for hydroxylation is 3. The summed E-state index contributed by atoms with van der Waals surface area (Å²) in [6.45, 7) is 0.0545. The van der Waals surface area contributed by atoms with E-state index in [1.165, 1.54) is 17.7 Å². The van der Waals surface area contributed by atoms with E-state index in [0.717, 1.165) is 46.4 Å². The molecule has 4 aromatic carbocycles. The second-order valence-corrected chi connectivity index (χ2v) is 14.0. The molecule has 0 fully saturated rings. The second kappa shape index (κ2) is 15.4. The summed E-state index contributed by atoms with van der Waals surface area (Å²) in [4.78, 5) is 8.79. The average molecular weight is 900 g/mol. The standard InChI is InChI=1S/C30H25F3NO.C16H18N.Ir/c1-18-14-20(16-29(3,4)30(31,32)33)12-13-21(18)25-15-26(34-17-19(25)2)24-10-7-9-23-22-8-5-6-11-27(22)35-28(23)24;1-12-5-7-13(8-6-12)15-10-9-14(11-17-15)16(2,3)4;/h5-9,11-15,17H,16H2,1-4H3;5-7,9-11H,1-4H3;/q2*-1;/i1D3,2D3,16D2;1D3;. The van der Waals surface area contributed by atoms with Gasteiger partial charge in [0, 0.05) is 53.0 Å². The molecule has 0 atom stereocenters. The predicted molar refractivity (Wildman–Crippen MR) is 206 cm³/mol. The maximum absolute atomic E-state index is 13.8. The molecule has 0 aliphatic carbocycles. The van der Waals surface area contributed by atoms with Gasteiger partial charge in [-0.15, -0.1) is 53.6 Å². The van der Waals surface area contributed by atoms with Gasteiger partial charge in [0.1, 0.15) is 5.58 Å². The summed E-state index contributed by atoms with van der Waals surface area (Å²) >= 11 is 0. The van der Waals surface area contributed by atoms with Crippen molar-refractivity contribution < 1.29 is 52.8 Å². The molecule has 0 N–H and O–H groups in total. The predicted octanol–water partition coefficient (Wildman–Crippen LogP) is 13.0. The number of alkyl halides is 3. The number of halogens is 3. The van der Waals surface area contributed by atoms with Crippen LogP contribution in [0.25, 0.3) is 55.6 Å². The van der Waals surface area contributed by atoms with Gasteiger partial charge in [-0.1, -0.05) is 107 Å². The summed E-state index contributed by atoms with van der Waals surface area (Å²) in [6.07, 6.45) is -5.00. The number of rotatable bonds is 5. The van der Waals surface area contributed by atoms with Crippen molar-refractivity contribution >= 4 is 21.9 Å². The van der Waals surface area contributed by atoms with Gasteiger partial charge in [-0.25, -0.2) is 0 Å². The van der Waals surface area contributed by atoms with E-state index in [9.17, 15) is 13.2 Å². The summed E-state index contributed by atoms with van der Waals surface area (Å²) in [5.74, 6) is 0. The molecular weight excluding hydrogens is 846 g/mol. The Hall–Kier alpha value is -4.58. The molecule has 7 heteroatoms. The van der Waals surface area contributed by atoms with Gasteiger partial charge in [0.25, 0.3) is 0 Å². The maximum atomic E-state index is 13.8. The molecule has 1 radical (unpaired) electrons. The molecule has 0 amide bonds. The quantitative estimate of drug-likeness (QED) is 0.162. The zero-order chi connectivity index (χ0) is 46.7. The Bertz CT molecular complexity index is 2710. The molecule has 0 spiro atoms. The van der Waals surface area contributed by atoms with Crippen LogP contribution in [-0.4, -0.2) is 16.1 Å². The number of nitrogens with zero attached hydrogens (tertiary/aromatic N) is 2. The Morgan fingerprint density at radius 2 is 1.53 bits per heavy atom. The Morgan fingerprint density at radius 3 is 2.19 bits per heavy atom. The maximum Gasteiger partial charge on any atom is 0.394 e. The molecule has 275 valence electrons. The van der Waals surface area contributed by atoms with Crippen LogP contribution in [0.2, 0.25) is 0 Å². The fourth-order valence-corrected chi connectivity index (χ4v) is 5.57. The topological polar surface area (TPSA) is 38.9 Å². The first-order chi connectivity index (χ1) is 28.9. The number of hydrogen-bond acceptors (Lipinski definition) is 3. The molecule has 0 saturated carbocycles. The van der Waals surface area contributed by atoms with E-state index in [2.05, 4.69) is 42.9 Å². The van der Waals surface area contributed by atoms with Crippen LogP contribution >= 0.6 is 0 Å². The minimum absolute atomic E-state index is 0. The molecule has 7 rings (SSSR count). The fraction of sp³-hybridized carbons (Fsp3) is 0.261. The zero-order valence-electron chi connectivity index (χ0n) is 40.6. The molecule has 3 heterocycles. The van der Waals surface area contributed by atoms with E-state index in [1.807, 2.05) is 42.6 Å². The zero-order valence-corrected chi connectivity index (χ0v) is 32.0. The molecular formula is C46H43F3IrN2O-2. The third-order valence-corrected chi connectivity index (χ3v) is 8.69. The summed E-state index contributed by atoms with van der Waals surface area (Å²) in [6, 6.07) is 30.2. The molecule has 0 bridgehead atoms. The van der Waals surface area contributed by atoms with Crippen molar-refractivity contribution in [2.75, 3.05) is 0 Å². The van der Waals surface area contributed by atoms with Crippen molar-refractivity contribution in [3.63, 3.8) is 0 Å². The van der Waals surface area contributed by atoms with Gasteiger partial charge in [0.15, 0.2) is 0 Å². The van der Waals surface area contributed by atoms with Crippen LogP contribution in [0.3, 0.4) is 0 Å². The van der Waals surface area contributed by atoms with Crippen LogP contribution in [0.1, 0.15) is 77.5 Å². The normalized spacial score (nSPS) is 16.0. The van der Waals surface area contributed by atoms with E-state index in [-0.39, 0.29) is 47.9 Å². The van der Waals surface area contributed by atoms with Crippen molar-refractivity contribution in [1.29, 1.82) is 0 Å². The Labute approximate surface area is 339 Å². The monoisotopic (exact) mass is 900 g/mol. The number of aromatic nitrogens is 2. The van der Waals surface area contributed by atoms with Crippen LogP contribution in [0.5, 0.6) is 0 Å². The fourth-order valence-electron chi connectivity index (χ4n) is 5.57. The Kier molecular flexibility index (Phi) is 7.87. The second-order valence-electron chi connectivity index (χ2n) is 14.0. The summed E-state index contributed by atoms with van der Waals surface area (Å²) in [7, 11) is 0. The summed E-state index contributed by atoms with van der Waals surface area (Å²) < 4.78 is 135. The third kappa shape index (κ3) is 8.64. The van der Waals surface area contributed by atoms with E-state index >= 15 is 0 Å². The third-order valence-electron chi connectivity index (χ3n) is 8.69. The van der Waals surface area contributed by atoms with Gasteiger partial charge in [-0.3, -0.25) is 0 Å². The molecule has 0 aliphatic heterocycles. The molecule has 0 saturated heterocycles. The minimum Gasteiger partial charge on any atom is -0.501 e. The van der Waals surface area contributed by atoms with Gasteiger partial charge in [0.05, 0.1) is 11.0 Å². The molecule has 53 heavy (non-hydrogen) atoms. The van der Waals surface area contributed by atoms with Crippen molar-refractivity contribution in [2.24, 2.45) is 5.41 Å². The van der Waals surface area contributed by atoms with Crippen LogP contribution < -0.4 is 0 Å². The van der Waals surface area contributed by atoms with Gasteiger partial charge >= 0.3 is 6.18 Å². The summed E-state index contributed by atoms with van der Waals surface area (Å²) in [5.41, 5.74) is 0.483. The van der Waals surface area contributed by atoms with Crippen molar-refractivity contribution in [3.05, 3.63) is 143 Å². The molecule has 0 unspecified atom stereocenters. The number of benzene rings is 4. The van der Waals surface area contributed by atoms with Gasteiger partial charge in [-0.05, 0) is 76.3 Å². The summed E-state index contributed by atoms with van der Waals surface area (Å²) in [5, 5.41) is 1.60. The van der Waals surface area contributed by atoms with Gasteiger partial charge in [-0.2, -0.15) is 13.2 Å². The SMILES string of the molecule is [2H]C([2H])([2H])c1c[c-]c(-c2ccc(C(C)(C)C)cn2)cc1.[2H]C([2H])([2H])c1cnc(-c2[c-]ccc3c2oc2ccccc23)cc1-c1ccc(C([2H])([2H])C(C)(C)C(F)(F)F)cc1C([2H])([2H])[2H].[Ir]. The van der Waals surface area contributed by atoms with Crippen LogP contribution in [0.15, 0.2) is 108 Å². The number of hydrogen-bond donors (Lipinski definition) is 0. The Balaban J connectivity index is 0.000000308. The van der Waals surface area contributed by atoms with Gasteiger partial charge < -0.3 is 14.4 Å². The first kappa shape index (κ1) is 27.1. The molecule has 7 aromatic rings. The number of fused-ring (bicyclic) bond motifs is 3. The van der Waals surface area contributed by atoms with Crippen LogP contribution in [-0.2, 0) is 31.9 Å². The molecule has 0 aliphatic rings. The number of furan rings is 1. The Morgan fingerprint density at radius 1 is 0.755 bits per heavy atom. The first-order valence-electron chi connectivity index (χ1n) is 22.0. The van der Waals surface area contributed by atoms with Gasteiger partial charge in [0.2, 0.25) is 0 Å². The van der Waals surface area contributed by atoms with E-state index < -0.39 is 49.6 Å².